The van der Waals surface area contributed by atoms with Crippen LogP contribution in [-0.2, 0) is 22.4 Å². The molecule has 0 unspecified atom stereocenters. The summed E-state index contributed by atoms with van der Waals surface area (Å²) in [6.45, 7) is 1.93. The maximum Gasteiger partial charge on any atom is 0.416 e. The van der Waals surface area contributed by atoms with Crippen molar-refractivity contribution in [3.05, 3.63) is 71.0 Å². The molecule has 0 aliphatic carbocycles. The molecule has 2 aromatic carbocycles. The Morgan fingerprint density at radius 3 is 2.59 bits per heavy atom. The van der Waals surface area contributed by atoms with Crippen molar-refractivity contribution in [1.82, 2.24) is 4.90 Å². The van der Waals surface area contributed by atoms with Gasteiger partial charge in [0.15, 0.2) is 6.10 Å². The van der Waals surface area contributed by atoms with Crippen LogP contribution >= 0.6 is 0 Å². The minimum Gasteiger partial charge on any atom is -0.390 e. The second-order valence-corrected chi connectivity index (χ2v) is 6.80. The number of carbonyl (C=O) groups excluding carboxylic acids is 1. The Labute approximate surface area is 165 Å². The molecular weight excluding hydrogens is 388 g/mol. The quantitative estimate of drug-likeness (QED) is 0.646. The van der Waals surface area contributed by atoms with E-state index in [1.165, 1.54) is 23.1 Å². The van der Waals surface area contributed by atoms with Gasteiger partial charge in [-0.3, -0.25) is 4.79 Å². The Morgan fingerprint density at radius 2 is 1.93 bits per heavy atom. The summed E-state index contributed by atoms with van der Waals surface area (Å²) in [7, 11) is 0. The SMILES string of the molecule is CCC(=O)N(Cc1cccc(C(F)(F)F)c1)C[C@@H]1CC(c2ccc(F)cc2)=NO1. The van der Waals surface area contributed by atoms with E-state index in [0.29, 0.717) is 17.7 Å². The van der Waals surface area contributed by atoms with Gasteiger partial charge in [-0.1, -0.05) is 36.3 Å². The Hall–Kier alpha value is -2.90. The molecule has 0 saturated carbocycles. The van der Waals surface area contributed by atoms with Gasteiger partial charge in [-0.15, -0.1) is 0 Å². The highest BCUT2D eigenvalue weighted by Gasteiger charge is 2.31. The topological polar surface area (TPSA) is 41.9 Å². The Morgan fingerprint density at radius 1 is 1.21 bits per heavy atom. The van der Waals surface area contributed by atoms with E-state index in [1.54, 1.807) is 25.1 Å². The van der Waals surface area contributed by atoms with Gasteiger partial charge in [0, 0.05) is 19.4 Å². The highest BCUT2D eigenvalue weighted by Crippen LogP contribution is 2.30. The van der Waals surface area contributed by atoms with E-state index >= 15 is 0 Å². The zero-order chi connectivity index (χ0) is 21.0. The van der Waals surface area contributed by atoms with E-state index in [4.69, 9.17) is 4.84 Å². The van der Waals surface area contributed by atoms with E-state index in [9.17, 15) is 22.4 Å². The number of hydrogen-bond donors (Lipinski definition) is 0. The Kier molecular flexibility index (Phi) is 6.20. The summed E-state index contributed by atoms with van der Waals surface area (Å²) in [4.78, 5) is 19.2. The lowest BCUT2D eigenvalue weighted by Crippen LogP contribution is -2.37. The van der Waals surface area contributed by atoms with Crippen LogP contribution < -0.4 is 0 Å². The van der Waals surface area contributed by atoms with Crippen molar-refractivity contribution in [3.8, 4) is 0 Å². The molecule has 0 bridgehead atoms. The molecule has 1 aliphatic rings. The Balaban J connectivity index is 1.68. The molecule has 0 aromatic heterocycles. The number of halogens is 4. The van der Waals surface area contributed by atoms with Gasteiger partial charge in [0.2, 0.25) is 5.91 Å². The summed E-state index contributed by atoms with van der Waals surface area (Å²) in [5.41, 5.74) is 0.996. The van der Waals surface area contributed by atoms with Gasteiger partial charge in [0.25, 0.3) is 0 Å². The number of oxime groups is 1. The second kappa shape index (κ2) is 8.63. The average Bonchev–Trinajstić information content (AvgIpc) is 3.15. The van der Waals surface area contributed by atoms with Crippen molar-refractivity contribution in [2.24, 2.45) is 5.16 Å². The summed E-state index contributed by atoms with van der Waals surface area (Å²) in [5, 5.41) is 4.02. The standard InChI is InChI=1S/C21H20F4N2O2/c1-2-20(28)27(12-14-4-3-5-16(10-14)21(23,24)25)13-18-11-19(26-29-18)15-6-8-17(22)9-7-15/h3-10,18H,2,11-13H2,1H3/t18-/m0/s1. The highest BCUT2D eigenvalue weighted by molar-refractivity contribution is 6.01. The van der Waals surface area contributed by atoms with Crippen molar-refractivity contribution in [2.75, 3.05) is 6.54 Å². The van der Waals surface area contributed by atoms with Crippen molar-refractivity contribution in [3.63, 3.8) is 0 Å². The van der Waals surface area contributed by atoms with Crippen molar-refractivity contribution < 1.29 is 27.2 Å². The monoisotopic (exact) mass is 408 g/mol. The number of hydrogen-bond acceptors (Lipinski definition) is 3. The fourth-order valence-electron chi connectivity index (χ4n) is 3.13. The lowest BCUT2D eigenvalue weighted by Gasteiger charge is -2.25. The first-order valence-corrected chi connectivity index (χ1v) is 9.18. The lowest BCUT2D eigenvalue weighted by atomic mass is 10.0. The molecule has 29 heavy (non-hydrogen) atoms. The zero-order valence-electron chi connectivity index (χ0n) is 15.7. The molecule has 1 amide bonds. The molecule has 0 radical (unpaired) electrons. The predicted octanol–water partition coefficient (Wildman–Crippen LogP) is 4.78. The number of carbonyl (C=O) groups is 1. The summed E-state index contributed by atoms with van der Waals surface area (Å²) in [6, 6.07) is 10.8. The number of rotatable bonds is 6. The predicted molar refractivity (Wildman–Crippen MR) is 99.6 cm³/mol. The molecule has 2 aromatic rings. The second-order valence-electron chi connectivity index (χ2n) is 6.80. The lowest BCUT2D eigenvalue weighted by molar-refractivity contribution is -0.137. The zero-order valence-corrected chi connectivity index (χ0v) is 15.7. The molecule has 4 nitrogen and oxygen atoms in total. The third-order valence-corrected chi connectivity index (χ3v) is 4.62. The van der Waals surface area contributed by atoms with Crippen LogP contribution in [0.25, 0.3) is 0 Å². The smallest absolute Gasteiger partial charge is 0.390 e. The first-order chi connectivity index (χ1) is 13.8. The number of nitrogens with zero attached hydrogens (tertiary/aromatic N) is 2. The van der Waals surface area contributed by atoms with Gasteiger partial charge in [0.05, 0.1) is 17.8 Å². The highest BCUT2D eigenvalue weighted by atomic mass is 19.4. The fourth-order valence-corrected chi connectivity index (χ4v) is 3.13. The van der Waals surface area contributed by atoms with Crippen LogP contribution in [0.5, 0.6) is 0 Å². The molecular formula is C21H20F4N2O2. The van der Waals surface area contributed by atoms with E-state index < -0.39 is 17.8 Å². The van der Waals surface area contributed by atoms with E-state index in [0.717, 1.165) is 17.7 Å². The summed E-state index contributed by atoms with van der Waals surface area (Å²) >= 11 is 0. The van der Waals surface area contributed by atoms with E-state index in [1.807, 2.05) is 0 Å². The maximum absolute atomic E-state index is 13.1. The van der Waals surface area contributed by atoms with Crippen molar-refractivity contribution in [1.29, 1.82) is 0 Å². The summed E-state index contributed by atoms with van der Waals surface area (Å²) in [5.74, 6) is -0.549. The molecule has 0 spiro atoms. The van der Waals surface area contributed by atoms with Crippen LogP contribution in [0.2, 0.25) is 0 Å². The molecule has 1 atom stereocenters. The number of amides is 1. The molecule has 1 aliphatic heterocycles. The van der Waals surface area contributed by atoms with Crippen LogP contribution in [0.3, 0.4) is 0 Å². The van der Waals surface area contributed by atoms with E-state index in [-0.39, 0.29) is 31.2 Å². The molecule has 0 fully saturated rings. The largest absolute Gasteiger partial charge is 0.416 e. The first-order valence-electron chi connectivity index (χ1n) is 9.18. The molecule has 1 heterocycles. The average molecular weight is 408 g/mol. The molecule has 0 N–H and O–H groups in total. The third-order valence-electron chi connectivity index (χ3n) is 4.62. The fraction of sp³-hybridized carbons (Fsp3) is 0.333. The van der Waals surface area contributed by atoms with Crippen molar-refractivity contribution >= 4 is 11.6 Å². The summed E-state index contributed by atoms with van der Waals surface area (Å²) < 4.78 is 51.9. The van der Waals surface area contributed by atoms with Crippen LogP contribution in [0, 0.1) is 5.82 Å². The van der Waals surface area contributed by atoms with Crippen LogP contribution in [0.1, 0.15) is 36.5 Å². The van der Waals surface area contributed by atoms with Gasteiger partial charge < -0.3 is 9.74 Å². The van der Waals surface area contributed by atoms with Crippen LogP contribution in [0.4, 0.5) is 17.6 Å². The van der Waals surface area contributed by atoms with Gasteiger partial charge >= 0.3 is 6.18 Å². The van der Waals surface area contributed by atoms with E-state index in [2.05, 4.69) is 5.16 Å². The first kappa shape index (κ1) is 20.8. The Bertz CT molecular complexity index is 894. The molecule has 3 rings (SSSR count). The van der Waals surface area contributed by atoms with Gasteiger partial charge in [-0.05, 0) is 35.4 Å². The third kappa shape index (κ3) is 5.34. The maximum atomic E-state index is 13.1. The van der Waals surface area contributed by atoms with Crippen LogP contribution in [-0.4, -0.2) is 29.2 Å². The number of alkyl halides is 3. The molecule has 154 valence electrons. The van der Waals surface area contributed by atoms with Crippen LogP contribution in [0.15, 0.2) is 53.7 Å². The molecule has 8 heteroatoms. The van der Waals surface area contributed by atoms with Gasteiger partial charge in [-0.25, -0.2) is 4.39 Å². The summed E-state index contributed by atoms with van der Waals surface area (Å²) in [6.07, 6.45) is -4.22. The number of benzene rings is 2. The minimum atomic E-state index is -4.44. The minimum absolute atomic E-state index is 0.0440. The van der Waals surface area contributed by atoms with Gasteiger partial charge in [0.1, 0.15) is 5.82 Å². The van der Waals surface area contributed by atoms with Gasteiger partial charge in [-0.2, -0.15) is 13.2 Å². The normalized spacial score (nSPS) is 16.3. The van der Waals surface area contributed by atoms with Crippen molar-refractivity contribution in [2.45, 2.75) is 38.6 Å². The molecule has 0 saturated heterocycles.